The van der Waals surface area contributed by atoms with Crippen LogP contribution in [-0.2, 0) is 10.3 Å². The number of benzene rings is 1. The average molecular weight is 242 g/mol. The molecule has 4 nitrogen and oxygen atoms in total. The first-order valence-corrected chi connectivity index (χ1v) is 6.04. The molecule has 4 heteroatoms. The lowest BCUT2D eigenvalue weighted by molar-refractivity contribution is 0.255. The Kier molecular flexibility index (Phi) is 2.46. The van der Waals surface area contributed by atoms with E-state index < -0.39 is 0 Å². The highest BCUT2D eigenvalue weighted by Crippen LogP contribution is 2.46. The number of aromatic nitrogens is 1. The number of ether oxygens (including phenoxy) is 1. The van der Waals surface area contributed by atoms with Gasteiger partial charge < -0.3 is 9.72 Å². The molecule has 0 aliphatic heterocycles. The van der Waals surface area contributed by atoms with Crippen LogP contribution in [0.5, 0.6) is 5.75 Å². The van der Waals surface area contributed by atoms with Gasteiger partial charge in [0.05, 0.1) is 12.6 Å². The van der Waals surface area contributed by atoms with Crippen LogP contribution in [0.25, 0.3) is 10.9 Å². The molecule has 1 saturated carbocycles. The molecule has 0 atom stereocenters. The summed E-state index contributed by atoms with van der Waals surface area (Å²) >= 11 is 0. The number of rotatable bonds is 3. The molecule has 18 heavy (non-hydrogen) atoms. The summed E-state index contributed by atoms with van der Waals surface area (Å²) in [5, 5.41) is 1.05. The fourth-order valence-corrected chi connectivity index (χ4v) is 2.63. The Labute approximate surface area is 105 Å². The van der Waals surface area contributed by atoms with Crippen molar-refractivity contribution in [1.82, 2.24) is 4.98 Å². The van der Waals surface area contributed by atoms with Crippen molar-refractivity contribution in [2.45, 2.75) is 24.8 Å². The van der Waals surface area contributed by atoms with Gasteiger partial charge in [-0.2, -0.15) is 4.99 Å². The van der Waals surface area contributed by atoms with Crippen LogP contribution in [0, 0.1) is 0 Å². The highest BCUT2D eigenvalue weighted by atomic mass is 16.5. The number of fused-ring (bicyclic) bond motifs is 1. The Bertz CT molecular complexity index is 634. The minimum atomic E-state index is -0.381. The summed E-state index contributed by atoms with van der Waals surface area (Å²) in [6.07, 6.45) is 6.49. The molecule has 1 aromatic carbocycles. The molecule has 0 radical (unpaired) electrons. The number of methoxy groups -OCH3 is 1. The number of nitrogens with zero attached hydrogens (tertiary/aromatic N) is 1. The predicted molar refractivity (Wildman–Crippen MR) is 68.5 cm³/mol. The SMILES string of the molecule is COc1cc(C2(N=C=O)CCC2)cc2[nH]ccc12. The van der Waals surface area contributed by atoms with Gasteiger partial charge in [0.25, 0.3) is 0 Å². The summed E-state index contributed by atoms with van der Waals surface area (Å²) in [6, 6.07) is 6.02. The van der Waals surface area contributed by atoms with E-state index in [2.05, 4.69) is 16.0 Å². The van der Waals surface area contributed by atoms with Gasteiger partial charge in [0, 0.05) is 17.1 Å². The first-order valence-electron chi connectivity index (χ1n) is 6.04. The van der Waals surface area contributed by atoms with Crippen molar-refractivity contribution < 1.29 is 9.53 Å². The lowest BCUT2D eigenvalue weighted by atomic mass is 9.72. The highest BCUT2D eigenvalue weighted by molar-refractivity contribution is 5.87. The number of isocyanates is 1. The molecular weight excluding hydrogens is 228 g/mol. The second kappa shape index (κ2) is 4.00. The Morgan fingerprint density at radius 1 is 1.44 bits per heavy atom. The molecule has 0 unspecified atom stereocenters. The van der Waals surface area contributed by atoms with E-state index >= 15 is 0 Å². The summed E-state index contributed by atoms with van der Waals surface area (Å²) in [5.41, 5.74) is 1.66. The van der Waals surface area contributed by atoms with Crippen LogP contribution >= 0.6 is 0 Å². The van der Waals surface area contributed by atoms with Crippen LogP contribution in [-0.4, -0.2) is 18.2 Å². The van der Waals surface area contributed by atoms with E-state index in [-0.39, 0.29) is 5.54 Å². The van der Waals surface area contributed by atoms with Gasteiger partial charge in [-0.1, -0.05) is 0 Å². The van der Waals surface area contributed by atoms with E-state index in [0.717, 1.165) is 41.5 Å². The van der Waals surface area contributed by atoms with Gasteiger partial charge >= 0.3 is 0 Å². The molecule has 0 spiro atoms. The third-order valence-corrected chi connectivity index (χ3v) is 3.83. The molecule has 1 aliphatic carbocycles. The number of nitrogens with one attached hydrogen (secondary N) is 1. The van der Waals surface area contributed by atoms with Gasteiger partial charge in [-0.15, -0.1) is 0 Å². The molecule has 1 aromatic heterocycles. The minimum Gasteiger partial charge on any atom is -0.496 e. The van der Waals surface area contributed by atoms with Crippen molar-refractivity contribution >= 4 is 17.0 Å². The molecule has 2 aromatic rings. The monoisotopic (exact) mass is 242 g/mol. The normalized spacial score (nSPS) is 16.9. The second-order valence-corrected chi connectivity index (χ2v) is 4.71. The summed E-state index contributed by atoms with van der Waals surface area (Å²) in [7, 11) is 1.65. The number of carbonyl (C=O) groups excluding carboxylic acids is 1. The van der Waals surface area contributed by atoms with Crippen molar-refractivity contribution in [2.75, 3.05) is 7.11 Å². The number of aromatic amines is 1. The van der Waals surface area contributed by atoms with Gasteiger partial charge in [0.1, 0.15) is 5.75 Å². The second-order valence-electron chi connectivity index (χ2n) is 4.71. The quantitative estimate of drug-likeness (QED) is 0.664. The van der Waals surface area contributed by atoms with Crippen molar-refractivity contribution in [1.29, 1.82) is 0 Å². The molecule has 1 N–H and O–H groups in total. The zero-order valence-electron chi connectivity index (χ0n) is 10.2. The molecule has 92 valence electrons. The smallest absolute Gasteiger partial charge is 0.235 e. The van der Waals surface area contributed by atoms with Crippen molar-refractivity contribution in [3.8, 4) is 5.75 Å². The standard InChI is InChI=1S/C14H14N2O2/c1-18-13-8-10(7-12-11(13)3-6-15-12)14(16-9-17)4-2-5-14/h3,6-8,15H,2,4-5H2,1H3. The number of aliphatic imine (C=N–C) groups is 1. The zero-order valence-corrected chi connectivity index (χ0v) is 10.2. The molecule has 1 heterocycles. The Hall–Kier alpha value is -2.06. The van der Waals surface area contributed by atoms with Crippen LogP contribution in [0.3, 0.4) is 0 Å². The molecular formula is C14H14N2O2. The Morgan fingerprint density at radius 2 is 2.28 bits per heavy atom. The van der Waals surface area contributed by atoms with E-state index in [1.54, 1.807) is 13.2 Å². The van der Waals surface area contributed by atoms with Gasteiger partial charge in [-0.25, -0.2) is 4.79 Å². The molecule has 0 amide bonds. The first-order chi connectivity index (χ1) is 8.79. The number of hydrogen-bond donors (Lipinski definition) is 1. The van der Waals surface area contributed by atoms with E-state index in [1.165, 1.54) is 0 Å². The van der Waals surface area contributed by atoms with Crippen molar-refractivity contribution in [3.63, 3.8) is 0 Å². The van der Waals surface area contributed by atoms with Crippen LogP contribution in [0.1, 0.15) is 24.8 Å². The van der Waals surface area contributed by atoms with Crippen LogP contribution in [0.2, 0.25) is 0 Å². The van der Waals surface area contributed by atoms with Gasteiger partial charge in [-0.3, -0.25) is 0 Å². The maximum Gasteiger partial charge on any atom is 0.235 e. The lowest BCUT2D eigenvalue weighted by Gasteiger charge is -2.37. The molecule has 1 fully saturated rings. The molecule has 1 aliphatic rings. The minimum absolute atomic E-state index is 0.381. The van der Waals surface area contributed by atoms with Crippen LogP contribution in [0.4, 0.5) is 0 Å². The van der Waals surface area contributed by atoms with Gasteiger partial charge in [0.2, 0.25) is 6.08 Å². The van der Waals surface area contributed by atoms with E-state index in [0.29, 0.717) is 0 Å². The fourth-order valence-electron chi connectivity index (χ4n) is 2.63. The fraction of sp³-hybridized carbons (Fsp3) is 0.357. The Balaban J connectivity index is 2.19. The van der Waals surface area contributed by atoms with Gasteiger partial charge in [-0.05, 0) is 43.0 Å². The number of hydrogen-bond acceptors (Lipinski definition) is 3. The van der Waals surface area contributed by atoms with Crippen molar-refractivity contribution in [3.05, 3.63) is 30.0 Å². The summed E-state index contributed by atoms with van der Waals surface area (Å²) in [5.74, 6) is 0.816. The average Bonchev–Trinajstić information content (AvgIpc) is 2.80. The zero-order chi connectivity index (χ0) is 12.6. The van der Waals surface area contributed by atoms with E-state index in [1.807, 2.05) is 18.3 Å². The number of H-pyrrole nitrogens is 1. The summed E-state index contributed by atoms with van der Waals surface area (Å²) in [4.78, 5) is 17.8. The molecule has 0 bridgehead atoms. The third-order valence-electron chi connectivity index (χ3n) is 3.83. The maximum absolute atomic E-state index is 10.6. The van der Waals surface area contributed by atoms with E-state index in [9.17, 15) is 4.79 Å². The van der Waals surface area contributed by atoms with Crippen LogP contribution in [0.15, 0.2) is 29.4 Å². The van der Waals surface area contributed by atoms with E-state index in [4.69, 9.17) is 4.74 Å². The predicted octanol–water partition coefficient (Wildman–Crippen LogP) is 2.89. The van der Waals surface area contributed by atoms with Crippen LogP contribution < -0.4 is 4.74 Å². The summed E-state index contributed by atoms with van der Waals surface area (Å²) < 4.78 is 5.41. The topological polar surface area (TPSA) is 54.4 Å². The van der Waals surface area contributed by atoms with Crippen molar-refractivity contribution in [2.24, 2.45) is 4.99 Å². The maximum atomic E-state index is 10.6. The molecule has 0 saturated heterocycles. The lowest BCUT2D eigenvalue weighted by Crippen LogP contribution is -2.31. The van der Waals surface area contributed by atoms with Gasteiger partial charge in [0.15, 0.2) is 0 Å². The Morgan fingerprint density at radius 3 is 2.89 bits per heavy atom. The summed E-state index contributed by atoms with van der Waals surface area (Å²) in [6.45, 7) is 0. The largest absolute Gasteiger partial charge is 0.496 e. The highest BCUT2D eigenvalue weighted by Gasteiger charge is 2.39. The first kappa shape index (κ1) is 11.1. The molecule has 3 rings (SSSR count). The third kappa shape index (κ3) is 1.46.